The number of aromatic hydroxyl groups is 1. The van der Waals surface area contributed by atoms with Crippen molar-refractivity contribution in [2.24, 2.45) is 0 Å². The minimum Gasteiger partial charge on any atom is -0.506 e. The van der Waals surface area contributed by atoms with Crippen LogP contribution < -0.4 is 10.6 Å². The molecule has 0 heterocycles. The Bertz CT molecular complexity index is 882. The highest BCUT2D eigenvalue weighted by molar-refractivity contribution is 6.00. The zero-order valence-electron chi connectivity index (χ0n) is 16.1. The summed E-state index contributed by atoms with van der Waals surface area (Å²) in [6.07, 6.45) is 3.19. The van der Waals surface area contributed by atoms with Gasteiger partial charge in [-0.15, -0.1) is 0 Å². The van der Waals surface area contributed by atoms with E-state index in [1.54, 1.807) is 18.2 Å². The Labute approximate surface area is 159 Å². The van der Waals surface area contributed by atoms with Gasteiger partial charge in [0.05, 0.1) is 12.2 Å². The number of nitrogens with one attached hydrogen (secondary N) is 2. The van der Waals surface area contributed by atoms with Gasteiger partial charge >= 0.3 is 0 Å². The van der Waals surface area contributed by atoms with Crippen molar-refractivity contribution >= 4 is 17.5 Å². The molecule has 2 aromatic rings. The van der Waals surface area contributed by atoms with Gasteiger partial charge in [-0.2, -0.15) is 0 Å². The van der Waals surface area contributed by atoms with Crippen molar-refractivity contribution in [1.29, 1.82) is 0 Å². The lowest BCUT2D eigenvalue weighted by Crippen LogP contribution is -2.33. The molecule has 0 saturated heterocycles. The number of fused-ring (bicyclic) bond motifs is 1. The van der Waals surface area contributed by atoms with E-state index >= 15 is 0 Å². The largest absolute Gasteiger partial charge is 0.506 e. The predicted octanol–water partition coefficient (Wildman–Crippen LogP) is 3.55. The zero-order valence-corrected chi connectivity index (χ0v) is 16.1. The third kappa shape index (κ3) is 4.48. The molecular weight excluding hydrogens is 340 g/mol. The van der Waals surface area contributed by atoms with Crippen LogP contribution in [0.15, 0.2) is 36.4 Å². The average Bonchev–Trinajstić information content (AvgIpc) is 3.08. The van der Waals surface area contributed by atoms with Gasteiger partial charge in [0.15, 0.2) is 0 Å². The average molecular weight is 366 g/mol. The Balaban J connectivity index is 1.61. The third-order valence-corrected chi connectivity index (χ3v) is 4.91. The lowest BCUT2D eigenvalue weighted by molar-refractivity contribution is -0.115. The van der Waals surface area contributed by atoms with Crippen LogP contribution >= 0.6 is 0 Å². The topological polar surface area (TPSA) is 78.4 Å². The van der Waals surface area contributed by atoms with Gasteiger partial charge in [0.25, 0.3) is 5.91 Å². The predicted molar refractivity (Wildman–Crippen MR) is 106 cm³/mol. The van der Waals surface area contributed by atoms with Crippen molar-refractivity contribution < 1.29 is 14.7 Å². The zero-order chi connectivity index (χ0) is 19.6. The molecule has 0 fully saturated rings. The van der Waals surface area contributed by atoms with Gasteiger partial charge in [0.2, 0.25) is 5.91 Å². The van der Waals surface area contributed by atoms with E-state index in [-0.39, 0.29) is 29.5 Å². The minimum absolute atomic E-state index is 0.00120. The summed E-state index contributed by atoms with van der Waals surface area (Å²) in [5.41, 5.74) is 4.34. The lowest BCUT2D eigenvalue weighted by Gasteiger charge is -2.20. The number of phenolic OH excluding ortho intramolecular Hbond substituents is 1. The summed E-state index contributed by atoms with van der Waals surface area (Å²) in [5.74, 6) is -0.653. The number of hydrogen-bond acceptors (Lipinski definition) is 3. The summed E-state index contributed by atoms with van der Waals surface area (Å²) in [6.45, 7) is 6.01. The van der Waals surface area contributed by atoms with Crippen LogP contribution in [-0.4, -0.2) is 23.5 Å². The number of carbonyl (C=O) groups excluding carboxylic acids is 2. The highest BCUT2D eigenvalue weighted by Crippen LogP contribution is 2.30. The summed E-state index contributed by atoms with van der Waals surface area (Å²) < 4.78 is 0. The second-order valence-electron chi connectivity index (χ2n) is 8.05. The van der Waals surface area contributed by atoms with Crippen LogP contribution in [-0.2, 0) is 23.1 Å². The van der Waals surface area contributed by atoms with Crippen molar-refractivity contribution in [3.8, 4) is 5.75 Å². The van der Waals surface area contributed by atoms with Crippen LogP contribution in [0.1, 0.15) is 54.2 Å². The molecule has 1 aliphatic carbocycles. The van der Waals surface area contributed by atoms with E-state index in [0.29, 0.717) is 11.3 Å². The number of hydrogen-bond donors (Lipinski definition) is 3. The molecule has 5 heteroatoms. The summed E-state index contributed by atoms with van der Waals surface area (Å²) in [4.78, 5) is 24.5. The molecule has 0 aromatic heterocycles. The molecule has 0 spiro atoms. The molecule has 3 rings (SSSR count). The number of carbonyl (C=O) groups is 2. The summed E-state index contributed by atoms with van der Waals surface area (Å²) >= 11 is 0. The standard InChI is InChI=1S/C22H26N2O3/c1-22(2,3)17-9-10-19(25)18(12-17)24-20(26)13-23-21(27)16-8-7-14-5-4-6-15(14)11-16/h7-12,25H,4-6,13H2,1-3H3,(H,23,27)(H,24,26). The quantitative estimate of drug-likeness (QED) is 0.724. The third-order valence-electron chi connectivity index (χ3n) is 4.91. The van der Waals surface area contributed by atoms with Crippen molar-refractivity contribution in [3.63, 3.8) is 0 Å². The molecule has 0 saturated carbocycles. The molecule has 0 bridgehead atoms. The van der Waals surface area contributed by atoms with Crippen molar-refractivity contribution in [3.05, 3.63) is 58.7 Å². The summed E-state index contributed by atoms with van der Waals surface area (Å²) in [7, 11) is 0. The normalized spacial score (nSPS) is 13.1. The first kappa shape index (κ1) is 19.0. The minimum atomic E-state index is -0.383. The van der Waals surface area contributed by atoms with Gasteiger partial charge in [-0.05, 0) is 65.6 Å². The van der Waals surface area contributed by atoms with E-state index in [2.05, 4.69) is 31.4 Å². The van der Waals surface area contributed by atoms with Gasteiger partial charge < -0.3 is 15.7 Å². The van der Waals surface area contributed by atoms with Gasteiger partial charge in [-0.1, -0.05) is 32.9 Å². The van der Waals surface area contributed by atoms with E-state index < -0.39 is 0 Å². The highest BCUT2D eigenvalue weighted by Gasteiger charge is 2.17. The van der Waals surface area contributed by atoms with E-state index in [0.717, 1.165) is 24.8 Å². The summed E-state index contributed by atoms with van der Waals surface area (Å²) in [6, 6.07) is 10.9. The molecule has 0 atom stereocenters. The smallest absolute Gasteiger partial charge is 0.251 e. The highest BCUT2D eigenvalue weighted by atomic mass is 16.3. The fourth-order valence-electron chi connectivity index (χ4n) is 3.27. The number of rotatable bonds is 4. The number of aryl methyl sites for hydroxylation is 2. The van der Waals surface area contributed by atoms with Crippen LogP contribution in [0.2, 0.25) is 0 Å². The number of amides is 2. The Kier molecular flexibility index (Phi) is 5.22. The maximum absolute atomic E-state index is 12.3. The van der Waals surface area contributed by atoms with Gasteiger partial charge in [-0.25, -0.2) is 0 Å². The molecule has 142 valence electrons. The molecular formula is C22H26N2O3. The maximum atomic E-state index is 12.3. The Morgan fingerprint density at radius 3 is 2.52 bits per heavy atom. The van der Waals surface area contributed by atoms with E-state index in [1.807, 2.05) is 18.2 Å². The molecule has 27 heavy (non-hydrogen) atoms. The Morgan fingerprint density at radius 1 is 1.04 bits per heavy atom. The fourth-order valence-corrected chi connectivity index (χ4v) is 3.27. The van der Waals surface area contributed by atoms with Gasteiger partial charge in [0, 0.05) is 5.56 Å². The van der Waals surface area contributed by atoms with Crippen molar-refractivity contribution in [1.82, 2.24) is 5.32 Å². The van der Waals surface area contributed by atoms with Crippen molar-refractivity contribution in [2.45, 2.75) is 45.4 Å². The molecule has 2 amide bonds. The first-order valence-corrected chi connectivity index (χ1v) is 9.27. The van der Waals surface area contributed by atoms with Gasteiger partial charge in [0.1, 0.15) is 5.75 Å². The lowest BCUT2D eigenvalue weighted by atomic mass is 9.87. The van der Waals surface area contributed by atoms with Gasteiger partial charge in [-0.3, -0.25) is 9.59 Å². The van der Waals surface area contributed by atoms with Crippen LogP contribution in [0, 0.1) is 0 Å². The first-order chi connectivity index (χ1) is 12.7. The van der Waals surface area contributed by atoms with E-state index in [1.165, 1.54) is 11.1 Å². The molecule has 0 unspecified atom stereocenters. The SMILES string of the molecule is CC(C)(C)c1ccc(O)c(NC(=O)CNC(=O)c2ccc3c(c2)CCC3)c1. The van der Waals surface area contributed by atoms with Crippen LogP contribution in [0.5, 0.6) is 5.75 Å². The van der Waals surface area contributed by atoms with Crippen LogP contribution in [0.25, 0.3) is 0 Å². The molecule has 5 nitrogen and oxygen atoms in total. The molecule has 1 aliphatic rings. The first-order valence-electron chi connectivity index (χ1n) is 9.27. The fraction of sp³-hybridized carbons (Fsp3) is 0.364. The van der Waals surface area contributed by atoms with Crippen LogP contribution in [0.4, 0.5) is 5.69 Å². The molecule has 0 aliphatic heterocycles. The van der Waals surface area contributed by atoms with E-state index in [9.17, 15) is 14.7 Å². The van der Waals surface area contributed by atoms with Crippen LogP contribution in [0.3, 0.4) is 0 Å². The Hall–Kier alpha value is -2.82. The van der Waals surface area contributed by atoms with Crippen molar-refractivity contribution in [2.75, 3.05) is 11.9 Å². The molecule has 0 radical (unpaired) electrons. The monoisotopic (exact) mass is 366 g/mol. The second kappa shape index (κ2) is 7.43. The van der Waals surface area contributed by atoms with E-state index in [4.69, 9.17) is 0 Å². The number of benzene rings is 2. The Morgan fingerprint density at radius 2 is 1.78 bits per heavy atom. The maximum Gasteiger partial charge on any atom is 0.251 e. The summed E-state index contributed by atoms with van der Waals surface area (Å²) in [5, 5.41) is 15.3. The second-order valence-corrected chi connectivity index (χ2v) is 8.05. The molecule has 3 N–H and O–H groups in total. The number of anilines is 1. The molecule has 2 aromatic carbocycles. The number of phenols is 1.